The quantitative estimate of drug-likeness (QED) is 0.664. The first-order valence-corrected chi connectivity index (χ1v) is 7.28. The number of aromatic nitrogens is 3. The maximum Gasteiger partial charge on any atom is 0.246 e. The molecule has 0 fully saturated rings. The number of oxazole rings is 1. The third-order valence-corrected chi connectivity index (χ3v) is 4.04. The number of hydrogen-bond acceptors (Lipinski definition) is 6. The first-order chi connectivity index (χ1) is 11.2. The number of anilines is 1. The van der Waals surface area contributed by atoms with Crippen molar-refractivity contribution in [2.45, 2.75) is 6.42 Å². The van der Waals surface area contributed by atoms with Crippen LogP contribution in [0.2, 0.25) is 5.02 Å². The smallest absolute Gasteiger partial charge is 0.246 e. The number of nitrogens with zero attached hydrogens (tertiary/aromatic N) is 4. The van der Waals surface area contributed by atoms with E-state index < -0.39 is 0 Å². The molecule has 0 saturated carbocycles. The number of imidazole rings is 1. The fourth-order valence-electron chi connectivity index (χ4n) is 2.71. The monoisotopic (exact) mass is 328 g/mol. The van der Waals surface area contributed by atoms with Crippen molar-refractivity contribution in [2.75, 3.05) is 5.01 Å². The van der Waals surface area contributed by atoms with E-state index >= 15 is 0 Å². The molecule has 3 heterocycles. The second-order valence-electron chi connectivity index (χ2n) is 5.08. The van der Waals surface area contributed by atoms with Crippen LogP contribution >= 0.6 is 11.6 Å². The van der Waals surface area contributed by atoms with E-state index in [1.165, 1.54) is 17.5 Å². The molecular formula is C15H13ClN6O. The van der Waals surface area contributed by atoms with Crippen LogP contribution in [0, 0.1) is 0 Å². The minimum Gasteiger partial charge on any atom is -0.443 e. The minimum atomic E-state index is 0.455. The van der Waals surface area contributed by atoms with Crippen molar-refractivity contribution < 1.29 is 4.42 Å². The SMILES string of the molecule is N/C=C1/Cc2c(-c3ncco3)ncn2-c2ccc(Cl)cc2N1N. The van der Waals surface area contributed by atoms with Crippen LogP contribution in [-0.2, 0) is 6.42 Å². The largest absolute Gasteiger partial charge is 0.443 e. The summed E-state index contributed by atoms with van der Waals surface area (Å²) in [5, 5.41) is 2.13. The van der Waals surface area contributed by atoms with E-state index in [0.717, 1.165) is 22.8 Å². The summed E-state index contributed by atoms with van der Waals surface area (Å²) < 4.78 is 7.33. The molecule has 1 aliphatic heterocycles. The molecule has 0 aliphatic carbocycles. The molecule has 4 N–H and O–H groups in total. The third-order valence-electron chi connectivity index (χ3n) is 3.81. The predicted molar refractivity (Wildman–Crippen MR) is 86.7 cm³/mol. The zero-order chi connectivity index (χ0) is 16.0. The van der Waals surface area contributed by atoms with Gasteiger partial charge in [-0.1, -0.05) is 11.6 Å². The van der Waals surface area contributed by atoms with Crippen LogP contribution in [0.25, 0.3) is 17.3 Å². The van der Waals surface area contributed by atoms with Gasteiger partial charge in [-0.05, 0) is 18.2 Å². The lowest BCUT2D eigenvalue weighted by molar-refractivity contribution is 0.571. The molecular weight excluding hydrogens is 316 g/mol. The van der Waals surface area contributed by atoms with Crippen LogP contribution in [-0.4, -0.2) is 14.5 Å². The van der Waals surface area contributed by atoms with E-state index in [2.05, 4.69) is 9.97 Å². The van der Waals surface area contributed by atoms with E-state index in [1.807, 2.05) is 10.6 Å². The van der Waals surface area contributed by atoms with Crippen LogP contribution in [0.4, 0.5) is 5.69 Å². The number of allylic oxidation sites excluding steroid dienone is 1. The van der Waals surface area contributed by atoms with Crippen molar-refractivity contribution in [1.82, 2.24) is 14.5 Å². The summed E-state index contributed by atoms with van der Waals surface area (Å²) in [5.74, 6) is 6.69. The molecule has 3 aromatic rings. The highest BCUT2D eigenvalue weighted by atomic mass is 35.5. The molecule has 1 aromatic carbocycles. The summed E-state index contributed by atoms with van der Waals surface area (Å²) in [6, 6.07) is 5.49. The molecule has 0 atom stereocenters. The lowest BCUT2D eigenvalue weighted by atomic mass is 10.2. The third kappa shape index (κ3) is 2.09. The molecule has 23 heavy (non-hydrogen) atoms. The van der Waals surface area contributed by atoms with Crippen LogP contribution in [0.1, 0.15) is 5.69 Å². The molecule has 2 aromatic heterocycles. The Hall–Kier alpha value is -2.77. The Labute approximate surface area is 136 Å². The average Bonchev–Trinajstić information content (AvgIpc) is 3.19. The van der Waals surface area contributed by atoms with Gasteiger partial charge in [0.25, 0.3) is 0 Å². The molecule has 0 saturated heterocycles. The number of hydrogen-bond donors (Lipinski definition) is 2. The fraction of sp³-hybridized carbons (Fsp3) is 0.0667. The van der Waals surface area contributed by atoms with Crippen LogP contribution in [0.15, 0.2) is 53.3 Å². The lowest BCUT2D eigenvalue weighted by Crippen LogP contribution is -2.31. The number of hydrazine groups is 1. The second-order valence-corrected chi connectivity index (χ2v) is 5.52. The average molecular weight is 329 g/mol. The van der Waals surface area contributed by atoms with E-state index in [1.54, 1.807) is 24.7 Å². The number of benzene rings is 1. The zero-order valence-electron chi connectivity index (χ0n) is 12.0. The van der Waals surface area contributed by atoms with Gasteiger partial charge in [0.2, 0.25) is 5.89 Å². The van der Waals surface area contributed by atoms with Gasteiger partial charge in [0.15, 0.2) is 0 Å². The standard InChI is InChI=1S/C15H13ClN6O/c16-9-1-2-11-12(5-9)22(18)10(7-17)6-13-14(20-8-21(11)13)15-19-3-4-23-15/h1-5,7-8H,6,17-18H2/b10-7-. The van der Waals surface area contributed by atoms with Crippen LogP contribution in [0.5, 0.6) is 0 Å². The summed E-state index contributed by atoms with van der Waals surface area (Å²) in [6.45, 7) is 0. The number of halogens is 1. The highest BCUT2D eigenvalue weighted by Gasteiger charge is 2.26. The number of fused-ring (bicyclic) bond motifs is 3. The van der Waals surface area contributed by atoms with Gasteiger partial charge in [0.1, 0.15) is 18.3 Å². The van der Waals surface area contributed by atoms with Crippen molar-refractivity contribution in [3.63, 3.8) is 0 Å². The Balaban J connectivity index is 2.00. The van der Waals surface area contributed by atoms with Gasteiger partial charge in [-0.15, -0.1) is 0 Å². The normalized spacial score (nSPS) is 15.4. The Bertz CT molecular complexity index is 899. The Morgan fingerprint density at radius 3 is 2.87 bits per heavy atom. The molecule has 8 heteroatoms. The van der Waals surface area contributed by atoms with Crippen LogP contribution in [0.3, 0.4) is 0 Å². The summed E-state index contributed by atoms with van der Waals surface area (Å²) in [5.41, 5.74) is 9.63. The van der Waals surface area contributed by atoms with E-state index in [4.69, 9.17) is 27.6 Å². The second kappa shape index (κ2) is 5.15. The van der Waals surface area contributed by atoms with Gasteiger partial charge in [-0.2, -0.15) is 0 Å². The molecule has 116 valence electrons. The van der Waals surface area contributed by atoms with Gasteiger partial charge in [-0.3, -0.25) is 9.58 Å². The summed E-state index contributed by atoms with van der Waals surface area (Å²) >= 11 is 6.12. The van der Waals surface area contributed by atoms with E-state index in [-0.39, 0.29) is 0 Å². The first kappa shape index (κ1) is 13.9. The first-order valence-electron chi connectivity index (χ1n) is 6.90. The maximum absolute atomic E-state index is 6.23. The van der Waals surface area contributed by atoms with Gasteiger partial charge < -0.3 is 10.2 Å². The predicted octanol–water partition coefficient (Wildman–Crippen LogP) is 2.22. The topological polar surface area (TPSA) is 99.1 Å². The van der Waals surface area contributed by atoms with Crippen molar-refractivity contribution in [2.24, 2.45) is 11.6 Å². The van der Waals surface area contributed by atoms with E-state index in [9.17, 15) is 0 Å². The molecule has 0 spiro atoms. The Kier molecular flexibility index (Phi) is 3.10. The summed E-state index contributed by atoms with van der Waals surface area (Å²) in [6.07, 6.45) is 6.78. The Morgan fingerprint density at radius 2 is 2.13 bits per heavy atom. The van der Waals surface area contributed by atoms with Gasteiger partial charge in [-0.25, -0.2) is 15.8 Å². The fourth-order valence-corrected chi connectivity index (χ4v) is 2.88. The molecule has 0 unspecified atom stereocenters. The molecule has 7 nitrogen and oxygen atoms in total. The van der Waals surface area contributed by atoms with Crippen molar-refractivity contribution >= 4 is 17.3 Å². The Morgan fingerprint density at radius 1 is 1.26 bits per heavy atom. The van der Waals surface area contributed by atoms with Crippen molar-refractivity contribution in [1.29, 1.82) is 0 Å². The molecule has 0 amide bonds. The number of nitrogens with two attached hydrogens (primary N) is 2. The zero-order valence-corrected chi connectivity index (χ0v) is 12.7. The molecule has 4 rings (SSSR count). The highest BCUT2D eigenvalue weighted by molar-refractivity contribution is 6.31. The summed E-state index contributed by atoms with van der Waals surface area (Å²) in [7, 11) is 0. The summed E-state index contributed by atoms with van der Waals surface area (Å²) in [4.78, 5) is 8.62. The van der Waals surface area contributed by atoms with Crippen molar-refractivity contribution in [3.8, 4) is 17.3 Å². The highest BCUT2D eigenvalue weighted by Crippen LogP contribution is 2.36. The van der Waals surface area contributed by atoms with Crippen LogP contribution < -0.4 is 16.6 Å². The minimum absolute atomic E-state index is 0.455. The molecule has 0 radical (unpaired) electrons. The molecule has 1 aliphatic rings. The maximum atomic E-state index is 6.23. The van der Waals surface area contributed by atoms with Crippen molar-refractivity contribution in [3.05, 3.63) is 59.6 Å². The van der Waals surface area contributed by atoms with E-state index in [0.29, 0.717) is 23.0 Å². The molecule has 0 bridgehead atoms. The lowest BCUT2D eigenvalue weighted by Gasteiger charge is -2.21. The van der Waals surface area contributed by atoms with Gasteiger partial charge in [0, 0.05) is 17.6 Å². The number of rotatable bonds is 1. The van der Waals surface area contributed by atoms with Gasteiger partial charge in [0.05, 0.1) is 29.0 Å². The van der Waals surface area contributed by atoms with Gasteiger partial charge >= 0.3 is 0 Å².